The first-order valence-corrected chi connectivity index (χ1v) is 11.9. The lowest BCUT2D eigenvalue weighted by atomic mass is 10.1. The molecule has 2 aliphatic rings. The quantitative estimate of drug-likeness (QED) is 0.509. The topological polar surface area (TPSA) is 104 Å². The van der Waals surface area contributed by atoms with Crippen molar-refractivity contribution in [3.8, 4) is 0 Å². The van der Waals surface area contributed by atoms with Gasteiger partial charge in [0.1, 0.15) is 11.3 Å². The van der Waals surface area contributed by atoms with E-state index in [9.17, 15) is 9.59 Å². The van der Waals surface area contributed by atoms with Crippen LogP contribution >= 0.6 is 0 Å². The minimum Gasteiger partial charge on any atom is -0.369 e. The molecule has 2 aliphatic heterocycles. The predicted octanol–water partition coefficient (Wildman–Crippen LogP) is 2.56. The number of benzene rings is 2. The van der Waals surface area contributed by atoms with Crippen LogP contribution in [-0.2, 0) is 17.9 Å². The molecule has 36 heavy (non-hydrogen) atoms. The van der Waals surface area contributed by atoms with Gasteiger partial charge in [-0.25, -0.2) is 19.7 Å². The smallest absolute Gasteiger partial charge is 0.349 e. The summed E-state index contributed by atoms with van der Waals surface area (Å²) in [5.41, 5.74) is 5.68. The summed E-state index contributed by atoms with van der Waals surface area (Å²) in [5, 5.41) is 3.61. The van der Waals surface area contributed by atoms with Crippen LogP contribution in [0.2, 0.25) is 0 Å². The van der Waals surface area contributed by atoms with E-state index in [1.165, 1.54) is 18.0 Å². The van der Waals surface area contributed by atoms with E-state index in [1.54, 1.807) is 12.1 Å². The number of carbonyl (C=O) groups excluding carboxylic acids is 1. The molecule has 0 radical (unpaired) electrons. The van der Waals surface area contributed by atoms with Crippen molar-refractivity contribution in [3.63, 3.8) is 0 Å². The Bertz CT molecular complexity index is 1430. The average Bonchev–Trinajstić information content (AvgIpc) is 2.87. The van der Waals surface area contributed by atoms with Crippen molar-refractivity contribution in [3.05, 3.63) is 57.3 Å². The lowest BCUT2D eigenvalue weighted by Crippen LogP contribution is -2.46. The summed E-state index contributed by atoms with van der Waals surface area (Å²) in [6.45, 7) is 7.63. The molecule has 1 fully saturated rings. The van der Waals surface area contributed by atoms with E-state index in [1.807, 2.05) is 26.0 Å². The Morgan fingerprint density at radius 2 is 2.00 bits per heavy atom. The molecule has 1 aromatic heterocycles. The number of carbonyl (C=O) groups is 1. The largest absolute Gasteiger partial charge is 0.369 e. The number of hydroxylamine groups is 1. The number of anilines is 2. The zero-order valence-electron chi connectivity index (χ0n) is 20.5. The van der Waals surface area contributed by atoms with E-state index in [0.717, 1.165) is 37.4 Å². The second kappa shape index (κ2) is 9.67. The second-order valence-electron chi connectivity index (χ2n) is 8.89. The van der Waals surface area contributed by atoms with Crippen LogP contribution in [0.5, 0.6) is 0 Å². The Balaban J connectivity index is 1.33. The molecule has 3 aromatic rings. The van der Waals surface area contributed by atoms with Crippen LogP contribution < -0.4 is 21.4 Å². The molecule has 5 rings (SSSR count). The molecule has 1 saturated heterocycles. The van der Waals surface area contributed by atoms with Gasteiger partial charge in [-0.3, -0.25) is 19.1 Å². The Labute approximate surface area is 207 Å². The summed E-state index contributed by atoms with van der Waals surface area (Å²) < 4.78 is 17.0. The molecule has 11 heteroatoms. The zero-order valence-corrected chi connectivity index (χ0v) is 20.5. The van der Waals surface area contributed by atoms with E-state index < -0.39 is 11.5 Å². The third-order valence-corrected chi connectivity index (χ3v) is 6.72. The summed E-state index contributed by atoms with van der Waals surface area (Å²) in [6, 6.07) is 7.36. The predicted molar refractivity (Wildman–Crippen MR) is 137 cm³/mol. The molecular formula is C25H28FN7O3. The minimum atomic E-state index is -0.504. The normalized spacial score (nSPS) is 15.3. The Hall–Kier alpha value is -3.83. The fourth-order valence-electron chi connectivity index (χ4n) is 4.91. The molecule has 2 aromatic carbocycles. The molecule has 10 nitrogen and oxygen atoms in total. The lowest BCUT2D eigenvalue weighted by molar-refractivity contribution is 0.0537. The van der Waals surface area contributed by atoms with Crippen LogP contribution in [0.1, 0.15) is 28.4 Å². The van der Waals surface area contributed by atoms with Crippen LogP contribution in [-0.4, -0.2) is 60.0 Å². The first-order chi connectivity index (χ1) is 17.4. The molecule has 0 aliphatic carbocycles. The maximum Gasteiger partial charge on any atom is 0.349 e. The number of hydrogen-bond acceptors (Lipinski definition) is 8. The van der Waals surface area contributed by atoms with E-state index in [2.05, 4.69) is 30.6 Å². The lowest BCUT2D eigenvalue weighted by Gasteiger charge is -2.37. The fraction of sp³-hybridized carbons (Fsp3) is 0.360. The molecule has 0 bridgehead atoms. The van der Waals surface area contributed by atoms with E-state index >= 15 is 4.39 Å². The van der Waals surface area contributed by atoms with E-state index in [4.69, 9.17) is 4.84 Å². The first-order valence-electron chi connectivity index (χ1n) is 11.9. The van der Waals surface area contributed by atoms with Crippen LogP contribution in [0.15, 0.2) is 34.1 Å². The third kappa shape index (κ3) is 4.20. The van der Waals surface area contributed by atoms with Crippen LogP contribution in [0.25, 0.3) is 10.9 Å². The Morgan fingerprint density at radius 1 is 1.22 bits per heavy atom. The number of aliphatic imine (C=N–C) groups is 1. The summed E-state index contributed by atoms with van der Waals surface area (Å²) in [6.07, 6.45) is 1.52. The first kappa shape index (κ1) is 23.9. The number of nitrogens with one attached hydrogen (secondary N) is 2. The highest BCUT2D eigenvalue weighted by molar-refractivity contribution is 6.06. The van der Waals surface area contributed by atoms with Crippen molar-refractivity contribution in [2.75, 3.05) is 43.5 Å². The summed E-state index contributed by atoms with van der Waals surface area (Å²) in [4.78, 5) is 42.0. The van der Waals surface area contributed by atoms with Gasteiger partial charge in [-0.05, 0) is 43.7 Å². The number of nitrogens with zero attached hydrogens (tertiary/aromatic N) is 5. The van der Waals surface area contributed by atoms with Gasteiger partial charge >= 0.3 is 5.69 Å². The maximum absolute atomic E-state index is 15.5. The van der Waals surface area contributed by atoms with Gasteiger partial charge in [-0.1, -0.05) is 0 Å². The summed E-state index contributed by atoms with van der Waals surface area (Å²) in [7, 11) is 1.40. The Morgan fingerprint density at radius 3 is 2.69 bits per heavy atom. The average molecular weight is 494 g/mol. The van der Waals surface area contributed by atoms with Gasteiger partial charge in [0.2, 0.25) is 0 Å². The highest BCUT2D eigenvalue weighted by Crippen LogP contribution is 2.36. The van der Waals surface area contributed by atoms with Gasteiger partial charge in [0.15, 0.2) is 5.82 Å². The van der Waals surface area contributed by atoms with Crippen molar-refractivity contribution in [1.82, 2.24) is 19.9 Å². The summed E-state index contributed by atoms with van der Waals surface area (Å²) in [5.74, 6) is -0.330. The number of hydrogen-bond donors (Lipinski definition) is 2. The van der Waals surface area contributed by atoms with Crippen molar-refractivity contribution in [1.29, 1.82) is 0 Å². The number of piperazine rings is 1. The van der Waals surface area contributed by atoms with E-state index in [-0.39, 0.29) is 11.4 Å². The van der Waals surface area contributed by atoms with Crippen molar-refractivity contribution >= 4 is 40.3 Å². The maximum atomic E-state index is 15.5. The van der Waals surface area contributed by atoms with Crippen LogP contribution in [0.3, 0.4) is 0 Å². The number of aromatic nitrogens is 2. The number of rotatable bonds is 6. The SMILES string of the molecule is CCn1c2c3c(cc(CN4CCN(c5ccc(C(=O)NOC)cc5C)CC4)c(F)c3nc1=O)NC=N2. The molecule has 0 atom stereocenters. The van der Waals surface area contributed by atoms with Crippen LogP contribution in [0.4, 0.5) is 21.6 Å². The zero-order chi connectivity index (χ0) is 25.4. The highest BCUT2D eigenvalue weighted by atomic mass is 19.1. The van der Waals surface area contributed by atoms with Crippen LogP contribution in [0, 0.1) is 12.7 Å². The molecule has 2 N–H and O–H groups in total. The van der Waals surface area contributed by atoms with Gasteiger partial charge < -0.3 is 10.2 Å². The third-order valence-electron chi connectivity index (χ3n) is 6.72. The van der Waals surface area contributed by atoms with Gasteiger partial charge in [0.05, 0.1) is 24.5 Å². The fourth-order valence-corrected chi connectivity index (χ4v) is 4.91. The molecule has 188 valence electrons. The number of halogens is 1. The molecule has 3 heterocycles. The second-order valence-corrected chi connectivity index (χ2v) is 8.89. The van der Waals surface area contributed by atoms with Gasteiger partial charge in [0, 0.05) is 56.1 Å². The monoisotopic (exact) mass is 493 g/mol. The van der Waals surface area contributed by atoms with Crippen molar-refractivity contribution in [2.24, 2.45) is 4.99 Å². The molecular weight excluding hydrogens is 465 g/mol. The van der Waals surface area contributed by atoms with Gasteiger partial charge in [-0.15, -0.1) is 0 Å². The summed E-state index contributed by atoms with van der Waals surface area (Å²) >= 11 is 0. The van der Waals surface area contributed by atoms with Crippen molar-refractivity contribution in [2.45, 2.75) is 26.9 Å². The van der Waals surface area contributed by atoms with E-state index in [0.29, 0.717) is 41.1 Å². The van der Waals surface area contributed by atoms with Crippen molar-refractivity contribution < 1.29 is 14.0 Å². The Kier molecular flexibility index (Phi) is 6.42. The highest BCUT2D eigenvalue weighted by Gasteiger charge is 2.24. The standard InChI is InChI=1S/C25H28FN7O3/c1-4-33-23-20-18(27-14-28-23)12-17(21(26)22(20)29-25(33)35)13-31-7-9-32(10-8-31)19-6-5-16(11-15(19)2)24(34)30-36-3/h5-6,11-12,14H,4,7-10,13H2,1-3H3,(H,27,28)(H,30,34). The minimum absolute atomic E-state index is 0.0587. The molecule has 0 spiro atoms. The van der Waals surface area contributed by atoms with Gasteiger partial charge in [-0.2, -0.15) is 4.98 Å². The number of aryl methyl sites for hydroxylation is 1. The molecule has 0 unspecified atom stereocenters. The van der Waals surface area contributed by atoms with Gasteiger partial charge in [0.25, 0.3) is 5.91 Å². The number of amides is 1. The molecule has 1 amide bonds. The molecule has 0 saturated carbocycles.